The van der Waals surface area contributed by atoms with E-state index < -0.39 is 30.2 Å². The van der Waals surface area contributed by atoms with Gasteiger partial charge in [0.05, 0.1) is 6.61 Å². The van der Waals surface area contributed by atoms with E-state index >= 15 is 0 Å². The van der Waals surface area contributed by atoms with Gasteiger partial charge >= 0.3 is 0 Å². The van der Waals surface area contributed by atoms with E-state index in [4.69, 9.17) is 23.7 Å². The van der Waals surface area contributed by atoms with Gasteiger partial charge in [-0.1, -0.05) is 41.4 Å². The average molecular weight is 553 g/mol. The van der Waals surface area contributed by atoms with Crippen molar-refractivity contribution >= 4 is 15.9 Å². The van der Waals surface area contributed by atoms with Crippen LogP contribution in [0.25, 0.3) is 0 Å². The normalized spacial score (nSPS) is 28.2. The SMILES string of the molecule is CCCCOC[C@H]1OC(OC)(c2ccc(Br)c(Cc3ccc4c(c3)OCCO4)c2)[C@H](O)[C@@H](O)[C@@H]1O. The van der Waals surface area contributed by atoms with Gasteiger partial charge in [-0.05, 0) is 48.2 Å². The number of benzene rings is 2. The molecule has 2 aliphatic rings. The zero-order valence-electron chi connectivity index (χ0n) is 20.0. The summed E-state index contributed by atoms with van der Waals surface area (Å²) in [4.78, 5) is 0. The smallest absolute Gasteiger partial charge is 0.224 e. The molecular formula is C26H33BrO8. The summed E-state index contributed by atoms with van der Waals surface area (Å²) in [7, 11) is 1.41. The molecule has 3 N–H and O–H groups in total. The van der Waals surface area contributed by atoms with E-state index in [0.29, 0.717) is 37.6 Å². The van der Waals surface area contributed by atoms with Crippen molar-refractivity contribution < 1.29 is 39.0 Å². The van der Waals surface area contributed by atoms with Crippen molar-refractivity contribution in [3.63, 3.8) is 0 Å². The highest BCUT2D eigenvalue weighted by Gasteiger charge is 2.55. The third-order valence-corrected chi connectivity index (χ3v) is 7.22. The highest BCUT2D eigenvalue weighted by atomic mass is 79.9. The van der Waals surface area contributed by atoms with Crippen LogP contribution >= 0.6 is 15.9 Å². The number of aliphatic hydroxyl groups is 3. The molecule has 0 aliphatic carbocycles. The molecule has 0 radical (unpaired) electrons. The van der Waals surface area contributed by atoms with E-state index in [1.165, 1.54) is 7.11 Å². The number of methoxy groups -OCH3 is 1. The summed E-state index contributed by atoms with van der Waals surface area (Å²) >= 11 is 3.61. The van der Waals surface area contributed by atoms with E-state index in [2.05, 4.69) is 22.9 Å². The molecule has 8 nitrogen and oxygen atoms in total. The number of aliphatic hydroxyl groups excluding tert-OH is 3. The second kappa shape index (κ2) is 11.6. The number of rotatable bonds is 9. The zero-order valence-corrected chi connectivity index (χ0v) is 21.6. The molecule has 192 valence electrons. The molecule has 1 fully saturated rings. The molecule has 4 rings (SSSR count). The zero-order chi connectivity index (χ0) is 25.0. The Morgan fingerprint density at radius 2 is 1.80 bits per heavy atom. The lowest BCUT2D eigenvalue weighted by atomic mass is 9.87. The minimum Gasteiger partial charge on any atom is -0.486 e. The van der Waals surface area contributed by atoms with E-state index in [0.717, 1.165) is 34.2 Å². The molecule has 9 heteroatoms. The summed E-state index contributed by atoms with van der Waals surface area (Å²) < 4.78 is 29.7. The summed E-state index contributed by atoms with van der Waals surface area (Å²) in [6.45, 7) is 3.68. The van der Waals surface area contributed by atoms with Crippen LogP contribution in [0.4, 0.5) is 0 Å². The number of unbranched alkanes of at least 4 members (excludes halogenated alkanes) is 1. The van der Waals surface area contributed by atoms with E-state index in [1.54, 1.807) is 6.07 Å². The lowest BCUT2D eigenvalue weighted by Gasteiger charge is -2.48. The first-order chi connectivity index (χ1) is 16.9. The van der Waals surface area contributed by atoms with Gasteiger partial charge in [0.15, 0.2) is 11.5 Å². The van der Waals surface area contributed by atoms with Crippen molar-refractivity contribution in [2.75, 3.05) is 33.5 Å². The molecule has 1 saturated heterocycles. The first-order valence-corrected chi connectivity index (χ1v) is 12.7. The predicted molar refractivity (Wildman–Crippen MR) is 132 cm³/mol. The second-order valence-electron chi connectivity index (χ2n) is 8.84. The Bertz CT molecular complexity index is 1000. The van der Waals surface area contributed by atoms with Gasteiger partial charge in [-0.3, -0.25) is 0 Å². The molecule has 2 aliphatic heterocycles. The van der Waals surface area contributed by atoms with Crippen molar-refractivity contribution in [3.05, 3.63) is 57.6 Å². The van der Waals surface area contributed by atoms with Gasteiger partial charge in [0.1, 0.15) is 37.6 Å². The fraction of sp³-hybridized carbons (Fsp3) is 0.538. The van der Waals surface area contributed by atoms with E-state index in [1.807, 2.05) is 30.3 Å². The van der Waals surface area contributed by atoms with Crippen LogP contribution in [0.2, 0.25) is 0 Å². The molecule has 0 amide bonds. The van der Waals surface area contributed by atoms with Crippen molar-refractivity contribution in [2.24, 2.45) is 0 Å². The fourth-order valence-corrected chi connectivity index (χ4v) is 4.83. The Hall–Kier alpha value is -1.72. The number of hydrogen-bond acceptors (Lipinski definition) is 8. The van der Waals surface area contributed by atoms with Crippen LogP contribution in [0.1, 0.15) is 36.5 Å². The third-order valence-electron chi connectivity index (χ3n) is 6.45. The van der Waals surface area contributed by atoms with Gasteiger partial charge in [-0.2, -0.15) is 0 Å². The first kappa shape index (κ1) is 26.3. The molecular weight excluding hydrogens is 520 g/mol. The largest absolute Gasteiger partial charge is 0.486 e. The Kier molecular flexibility index (Phi) is 8.70. The second-order valence-corrected chi connectivity index (χ2v) is 9.70. The molecule has 35 heavy (non-hydrogen) atoms. The monoisotopic (exact) mass is 552 g/mol. The summed E-state index contributed by atoms with van der Waals surface area (Å²) in [5.74, 6) is -0.243. The summed E-state index contributed by atoms with van der Waals surface area (Å²) in [6.07, 6.45) is -2.78. The molecule has 0 spiro atoms. The Balaban J connectivity index is 1.61. The Morgan fingerprint density at radius 1 is 1.03 bits per heavy atom. The van der Waals surface area contributed by atoms with Crippen molar-refractivity contribution in [3.8, 4) is 11.5 Å². The molecule has 2 aromatic carbocycles. The van der Waals surface area contributed by atoms with Crippen LogP contribution in [0.5, 0.6) is 11.5 Å². The van der Waals surface area contributed by atoms with Crippen LogP contribution in [-0.2, 0) is 26.4 Å². The topological polar surface area (TPSA) is 107 Å². The molecule has 0 bridgehead atoms. The summed E-state index contributed by atoms with van der Waals surface area (Å²) in [5, 5.41) is 32.2. The van der Waals surface area contributed by atoms with Crippen molar-refractivity contribution in [2.45, 2.75) is 56.4 Å². The number of fused-ring (bicyclic) bond motifs is 1. The van der Waals surface area contributed by atoms with Crippen LogP contribution in [0.15, 0.2) is 40.9 Å². The standard InChI is InChI=1S/C26H33BrO8/c1-3-4-9-32-15-22-23(28)24(29)25(30)26(31-2,35-22)18-6-7-19(27)17(14-18)12-16-5-8-20-21(13-16)34-11-10-33-20/h5-8,13-14,22-25,28-30H,3-4,9-12,15H2,1-2H3/t22-,23-,24+,25-,26?/m1/s1. The molecule has 2 aromatic rings. The average Bonchev–Trinajstić information content (AvgIpc) is 2.88. The predicted octanol–water partition coefficient (Wildman–Crippen LogP) is 2.91. The van der Waals surface area contributed by atoms with Crippen molar-refractivity contribution in [1.29, 1.82) is 0 Å². The van der Waals surface area contributed by atoms with Crippen LogP contribution in [-0.4, -0.2) is 73.3 Å². The van der Waals surface area contributed by atoms with Gasteiger partial charge in [-0.15, -0.1) is 0 Å². The van der Waals surface area contributed by atoms with Gasteiger partial charge in [0.2, 0.25) is 5.79 Å². The number of halogens is 1. The van der Waals surface area contributed by atoms with E-state index in [-0.39, 0.29) is 6.61 Å². The van der Waals surface area contributed by atoms with Crippen molar-refractivity contribution in [1.82, 2.24) is 0 Å². The first-order valence-electron chi connectivity index (χ1n) is 11.9. The molecule has 0 saturated carbocycles. The number of ether oxygens (including phenoxy) is 5. The molecule has 0 aromatic heterocycles. The maximum absolute atomic E-state index is 11.0. The maximum atomic E-state index is 11.0. The molecule has 5 atom stereocenters. The van der Waals surface area contributed by atoms with Gasteiger partial charge in [0, 0.05) is 23.8 Å². The molecule has 2 heterocycles. The van der Waals surface area contributed by atoms with Crippen LogP contribution in [0.3, 0.4) is 0 Å². The summed E-state index contributed by atoms with van der Waals surface area (Å²) in [6, 6.07) is 11.3. The van der Waals surface area contributed by atoms with Crippen LogP contribution < -0.4 is 9.47 Å². The third kappa shape index (κ3) is 5.51. The highest BCUT2D eigenvalue weighted by molar-refractivity contribution is 9.10. The highest BCUT2D eigenvalue weighted by Crippen LogP contribution is 2.41. The summed E-state index contributed by atoms with van der Waals surface area (Å²) in [5.41, 5.74) is 2.46. The number of hydrogen-bond donors (Lipinski definition) is 3. The Labute approximate surface area is 213 Å². The van der Waals surface area contributed by atoms with Gasteiger partial charge in [0.25, 0.3) is 0 Å². The minimum atomic E-state index is -1.68. The minimum absolute atomic E-state index is 0.0661. The fourth-order valence-electron chi connectivity index (χ4n) is 4.44. The lowest BCUT2D eigenvalue weighted by molar-refractivity contribution is -0.367. The van der Waals surface area contributed by atoms with E-state index in [9.17, 15) is 15.3 Å². The van der Waals surface area contributed by atoms with Crippen LogP contribution in [0, 0.1) is 0 Å². The quantitative estimate of drug-likeness (QED) is 0.407. The Morgan fingerprint density at radius 3 is 2.54 bits per heavy atom. The van der Waals surface area contributed by atoms with Gasteiger partial charge in [-0.25, -0.2) is 0 Å². The maximum Gasteiger partial charge on any atom is 0.224 e. The van der Waals surface area contributed by atoms with Gasteiger partial charge < -0.3 is 39.0 Å². The lowest BCUT2D eigenvalue weighted by Crippen LogP contribution is -2.64. The molecule has 1 unspecified atom stereocenters.